The fraction of sp³-hybridized carbons (Fsp3) is 0.510. The van der Waals surface area contributed by atoms with Gasteiger partial charge in [-0.2, -0.15) is 0 Å². The highest BCUT2D eigenvalue weighted by Gasteiger charge is 2.44. The Morgan fingerprint density at radius 1 is 0.288 bits per heavy atom. The molecule has 0 radical (unpaired) electrons. The number of methoxy groups -OCH3 is 2. The zero-order chi connectivity index (χ0) is 82.3. The minimum Gasteiger partial charge on any atom is -0.390 e. The number of halogens is 4. The van der Waals surface area contributed by atoms with Gasteiger partial charge in [0.2, 0.25) is 0 Å². The van der Waals surface area contributed by atoms with Crippen LogP contribution < -0.4 is 0 Å². The smallest absolute Gasteiger partial charge is 0.0853 e. The summed E-state index contributed by atoms with van der Waals surface area (Å²) in [4.78, 5) is 20.1. The number of likely N-dealkylation sites (tertiary alicyclic amines) is 4. The molecule has 118 heavy (non-hydrogen) atoms. The summed E-state index contributed by atoms with van der Waals surface area (Å²) < 4.78 is 36.1. The van der Waals surface area contributed by atoms with Gasteiger partial charge in [0.25, 0.3) is 0 Å². The van der Waals surface area contributed by atoms with Gasteiger partial charge >= 0.3 is 0 Å². The van der Waals surface area contributed by atoms with Crippen LogP contribution in [0.3, 0.4) is 0 Å². The number of benzene rings is 8. The second-order valence-electron chi connectivity index (χ2n) is 34.3. The molecule has 20 heteroatoms. The van der Waals surface area contributed by atoms with Crippen LogP contribution >= 0.6 is 46.4 Å². The zero-order valence-corrected chi connectivity index (χ0v) is 73.3. The largest absolute Gasteiger partial charge is 0.390 e. The molecule has 0 aromatic heterocycles. The maximum absolute atomic E-state index is 11.0. The average Bonchev–Trinajstić information content (AvgIpc) is 0.817. The fourth-order valence-electron chi connectivity index (χ4n) is 19.2. The van der Waals surface area contributed by atoms with Crippen LogP contribution in [0.25, 0.3) is 0 Å². The Morgan fingerprint density at radius 3 is 0.737 bits per heavy atom. The Bertz CT molecular complexity index is 3920. The molecular weight excluding hydrogens is 1560 g/mol. The summed E-state index contributed by atoms with van der Waals surface area (Å²) in [6.07, 6.45) is 8.64. The molecule has 0 amide bonds. The van der Waals surface area contributed by atoms with E-state index in [9.17, 15) is 10.2 Å². The van der Waals surface area contributed by atoms with Crippen LogP contribution in [0, 0.1) is 0 Å². The van der Waals surface area contributed by atoms with Gasteiger partial charge in [0, 0.05) is 187 Å². The average molecular weight is 1690 g/mol. The lowest BCUT2D eigenvalue weighted by Gasteiger charge is -2.49. The summed E-state index contributed by atoms with van der Waals surface area (Å²) in [7, 11) is 3.73. The predicted octanol–water partition coefficient (Wildman–Crippen LogP) is 15.7. The van der Waals surface area contributed by atoms with Crippen LogP contribution in [0.15, 0.2) is 218 Å². The van der Waals surface area contributed by atoms with Crippen molar-refractivity contribution < 1.29 is 38.6 Å². The molecule has 8 aliphatic heterocycles. The monoisotopic (exact) mass is 1680 g/mol. The van der Waals surface area contributed by atoms with Crippen LogP contribution in [0.5, 0.6) is 0 Å². The van der Waals surface area contributed by atoms with Crippen molar-refractivity contribution in [1.29, 1.82) is 0 Å². The van der Waals surface area contributed by atoms with Crippen LogP contribution in [-0.2, 0) is 80.3 Å². The lowest BCUT2D eigenvalue weighted by atomic mass is 9.94. The first-order valence-corrected chi connectivity index (χ1v) is 44.9. The molecule has 0 spiro atoms. The third kappa shape index (κ3) is 26.7. The molecule has 8 saturated heterocycles. The van der Waals surface area contributed by atoms with Gasteiger partial charge < -0.3 is 38.6 Å². The minimum absolute atomic E-state index is 0.186. The maximum atomic E-state index is 11.0. The number of piperidine rings is 4. The third-order valence-electron chi connectivity index (χ3n) is 25.4. The van der Waals surface area contributed by atoms with E-state index in [0.717, 1.165) is 189 Å². The summed E-state index contributed by atoms with van der Waals surface area (Å²) >= 11 is 24.2. The molecule has 8 aromatic rings. The molecule has 8 fully saturated rings. The second-order valence-corrected chi connectivity index (χ2v) is 36.0. The molecule has 636 valence electrons. The van der Waals surface area contributed by atoms with Gasteiger partial charge in [0.05, 0.1) is 75.3 Å². The quantitative estimate of drug-likeness (QED) is 0.0669. The van der Waals surface area contributed by atoms with Crippen molar-refractivity contribution in [3.8, 4) is 0 Å². The Labute approximate surface area is 724 Å². The van der Waals surface area contributed by atoms with Gasteiger partial charge in [0.1, 0.15) is 0 Å². The summed E-state index contributed by atoms with van der Waals surface area (Å²) in [5.41, 5.74) is 10.5. The molecule has 8 aromatic carbocycles. The molecule has 8 aliphatic rings. The van der Waals surface area contributed by atoms with Gasteiger partial charge in [-0.3, -0.25) is 39.2 Å². The molecule has 8 heterocycles. The zero-order valence-electron chi connectivity index (χ0n) is 70.3. The number of hydrogen-bond donors (Lipinski definition) is 2. The van der Waals surface area contributed by atoms with Crippen molar-refractivity contribution in [3.05, 3.63) is 283 Å². The molecule has 16 nitrogen and oxygen atoms in total. The van der Waals surface area contributed by atoms with E-state index in [2.05, 4.69) is 225 Å². The first kappa shape index (κ1) is 90.0. The SMILES string of the molecule is CO[C@@H]1CN(Cc2ccccc2)CCC1N1C[C@H](C)OCC1Cc1ccc(Cl)cc1.CO[C@H]1CN(Cc2ccccc2)CCC1N1C[C@H](C)OCC1Cc1ccc(Cl)cc1.C[C@H]1CN(C2CCN(Cc3ccccc3)C[C@@H]2O)C(Cc2ccc(Cl)cc2)CO1.C[C@H]1CN(C2CCN(Cc3ccccc3)C[C@H]2O)C(Cc2ccc(Cl)cc2)CO1. The molecule has 8 unspecified atom stereocenters. The van der Waals surface area contributed by atoms with E-state index < -0.39 is 0 Å². The number of β-amino-alcohol motifs (C(OH)–C–C–N with tert-alkyl or cyclic N) is 2. The number of hydrogen-bond acceptors (Lipinski definition) is 16. The number of aliphatic hydroxyl groups is 2. The number of nitrogens with zero attached hydrogens (tertiary/aromatic N) is 8. The standard InChI is InChI=1S/2C25H33ClN2O2.2C24H31ClN2O2/c2*1-19-15-28(23(18-30-19)14-20-8-10-22(26)11-9-20)24-12-13-27(17-25(24)29-2)16-21-6-4-3-5-7-21;2*1-18-14-27(22(17-29-18)13-19-7-9-21(25)10-8-19)23-11-12-26(16-24(23)28)15-20-5-3-2-4-6-20/h2*3-11,19,23-25H,12-18H2,1-2H3;2*2-10,18,22-24,28H,11-17H2,1H3/t19-,23?,24?,25+;19-,23?,24?,25-;18-,22?,23?,24+;18-,22?,23?,24-/m0000/s1. The summed E-state index contributed by atoms with van der Waals surface area (Å²) in [5.74, 6) is 0. The Balaban J connectivity index is 0.000000136. The van der Waals surface area contributed by atoms with Gasteiger partial charge in [0.15, 0.2) is 0 Å². The molecule has 16 rings (SSSR count). The highest BCUT2D eigenvalue weighted by atomic mass is 35.5. The van der Waals surface area contributed by atoms with Crippen molar-refractivity contribution >= 4 is 46.4 Å². The molecule has 2 N–H and O–H groups in total. The van der Waals surface area contributed by atoms with Gasteiger partial charge in [-0.1, -0.05) is 216 Å². The van der Waals surface area contributed by atoms with E-state index in [4.69, 9.17) is 74.8 Å². The molecule has 0 saturated carbocycles. The summed E-state index contributed by atoms with van der Waals surface area (Å²) in [5, 5.41) is 25.2. The Kier molecular flexibility index (Phi) is 34.8. The van der Waals surface area contributed by atoms with Crippen molar-refractivity contribution in [1.82, 2.24) is 39.2 Å². The third-order valence-corrected chi connectivity index (χ3v) is 26.4. The maximum Gasteiger partial charge on any atom is 0.0853 e. The number of aliphatic hydroxyl groups excluding tert-OH is 2. The minimum atomic E-state index is -0.342. The molecule has 0 bridgehead atoms. The van der Waals surface area contributed by atoms with Crippen molar-refractivity contribution in [2.45, 2.75) is 202 Å². The van der Waals surface area contributed by atoms with E-state index in [1.165, 1.54) is 44.5 Å². The van der Waals surface area contributed by atoms with E-state index in [1.807, 2.05) is 74.9 Å². The summed E-state index contributed by atoms with van der Waals surface area (Å²) in [6.45, 7) is 26.6. The van der Waals surface area contributed by atoms with E-state index >= 15 is 0 Å². The lowest BCUT2D eigenvalue weighted by molar-refractivity contribution is -0.115. The number of rotatable bonds is 22. The van der Waals surface area contributed by atoms with Gasteiger partial charge in [-0.05, 0) is 172 Å². The summed E-state index contributed by atoms with van der Waals surface area (Å²) in [6, 6.07) is 77.6. The lowest BCUT2D eigenvalue weighted by Crippen LogP contribution is -2.61. The second kappa shape index (κ2) is 45.6. The first-order valence-electron chi connectivity index (χ1n) is 43.3. The van der Waals surface area contributed by atoms with Crippen LogP contribution in [0.2, 0.25) is 20.1 Å². The topological polar surface area (TPSA) is 122 Å². The van der Waals surface area contributed by atoms with E-state index in [0.29, 0.717) is 37.4 Å². The van der Waals surface area contributed by atoms with Gasteiger partial charge in [-0.25, -0.2) is 0 Å². The van der Waals surface area contributed by atoms with Crippen molar-refractivity contribution in [2.75, 3.05) is 119 Å². The number of ether oxygens (including phenoxy) is 6. The van der Waals surface area contributed by atoms with E-state index in [-0.39, 0.29) is 73.0 Å². The molecular formula is C98H128Cl4N8O8. The normalized spacial score (nSPS) is 28.8. The van der Waals surface area contributed by atoms with Crippen LogP contribution in [-0.4, -0.2) is 266 Å². The number of morpholine rings is 4. The van der Waals surface area contributed by atoms with E-state index in [1.54, 1.807) is 0 Å². The molecule has 16 atom stereocenters. The highest BCUT2D eigenvalue weighted by Crippen LogP contribution is 2.34. The van der Waals surface area contributed by atoms with Crippen molar-refractivity contribution in [2.24, 2.45) is 0 Å². The fourth-order valence-corrected chi connectivity index (χ4v) is 19.7. The highest BCUT2D eigenvalue weighted by molar-refractivity contribution is 6.31. The molecule has 0 aliphatic carbocycles. The van der Waals surface area contributed by atoms with Crippen LogP contribution in [0.4, 0.5) is 0 Å². The Morgan fingerprint density at radius 2 is 0.508 bits per heavy atom. The Hall–Kier alpha value is -5.72. The van der Waals surface area contributed by atoms with Crippen LogP contribution in [0.1, 0.15) is 97.9 Å². The van der Waals surface area contributed by atoms with Gasteiger partial charge in [-0.15, -0.1) is 0 Å². The first-order chi connectivity index (χ1) is 57.4. The van der Waals surface area contributed by atoms with Crippen molar-refractivity contribution in [3.63, 3.8) is 0 Å². The predicted molar refractivity (Wildman–Crippen MR) is 478 cm³/mol.